The van der Waals surface area contributed by atoms with Crippen molar-refractivity contribution in [2.24, 2.45) is 0 Å². The lowest BCUT2D eigenvalue weighted by Crippen LogP contribution is -2.17. The molecular formula is C12H16N2O2. The van der Waals surface area contributed by atoms with Crippen LogP contribution in [0.1, 0.15) is 18.1 Å². The van der Waals surface area contributed by atoms with Gasteiger partial charge in [-0.1, -0.05) is 12.1 Å². The summed E-state index contributed by atoms with van der Waals surface area (Å²) in [6, 6.07) is 9.05. The van der Waals surface area contributed by atoms with E-state index in [4.69, 9.17) is 5.26 Å². The molecule has 2 N–H and O–H groups in total. The van der Waals surface area contributed by atoms with Crippen LogP contribution >= 0.6 is 0 Å². The first kappa shape index (κ1) is 12.5. The summed E-state index contributed by atoms with van der Waals surface area (Å²) in [4.78, 5) is 1.95. The molecule has 2 unspecified atom stereocenters. The average molecular weight is 220 g/mol. The van der Waals surface area contributed by atoms with Crippen molar-refractivity contribution < 1.29 is 10.2 Å². The van der Waals surface area contributed by atoms with Crippen molar-refractivity contribution in [3.8, 4) is 6.07 Å². The summed E-state index contributed by atoms with van der Waals surface area (Å²) in [7, 11) is 3.85. The minimum absolute atomic E-state index is 0.0728. The molecule has 0 aliphatic carbocycles. The third kappa shape index (κ3) is 2.96. The van der Waals surface area contributed by atoms with Crippen LogP contribution in [0, 0.1) is 11.3 Å². The topological polar surface area (TPSA) is 67.5 Å². The maximum absolute atomic E-state index is 9.73. The Morgan fingerprint density at radius 2 is 1.81 bits per heavy atom. The molecule has 1 aromatic carbocycles. The highest BCUT2D eigenvalue weighted by Crippen LogP contribution is 2.21. The molecule has 0 aliphatic rings. The molecule has 4 nitrogen and oxygen atoms in total. The molecule has 1 aromatic rings. The zero-order valence-electron chi connectivity index (χ0n) is 9.46. The van der Waals surface area contributed by atoms with Crippen molar-refractivity contribution in [1.82, 2.24) is 0 Å². The molecular weight excluding hydrogens is 204 g/mol. The van der Waals surface area contributed by atoms with Gasteiger partial charge in [0.05, 0.1) is 18.6 Å². The molecule has 0 radical (unpaired) electrons. The first-order valence-electron chi connectivity index (χ1n) is 5.06. The number of aliphatic hydroxyl groups excluding tert-OH is 2. The summed E-state index contributed by atoms with van der Waals surface area (Å²) < 4.78 is 0. The van der Waals surface area contributed by atoms with Gasteiger partial charge in [0.15, 0.2) is 0 Å². The highest BCUT2D eigenvalue weighted by atomic mass is 16.3. The Hall–Kier alpha value is -1.57. The number of nitrogens with zero attached hydrogens (tertiary/aromatic N) is 2. The van der Waals surface area contributed by atoms with Crippen molar-refractivity contribution in [2.75, 3.05) is 19.0 Å². The van der Waals surface area contributed by atoms with E-state index in [1.807, 2.05) is 37.2 Å². The number of hydrogen-bond acceptors (Lipinski definition) is 4. The predicted octanol–water partition coefficient (Wildman–Crippen LogP) is 1.06. The number of rotatable bonds is 4. The fourth-order valence-corrected chi connectivity index (χ4v) is 1.40. The summed E-state index contributed by atoms with van der Waals surface area (Å²) in [5.41, 5.74) is 1.64. The van der Waals surface area contributed by atoms with Gasteiger partial charge >= 0.3 is 0 Å². The van der Waals surface area contributed by atoms with Gasteiger partial charge in [0, 0.05) is 19.8 Å². The number of nitriles is 1. The molecule has 0 saturated carbocycles. The van der Waals surface area contributed by atoms with E-state index in [0.29, 0.717) is 5.56 Å². The third-order valence-electron chi connectivity index (χ3n) is 2.42. The fraction of sp³-hybridized carbons (Fsp3) is 0.417. The van der Waals surface area contributed by atoms with E-state index in [1.54, 1.807) is 12.1 Å². The standard InChI is InChI=1S/C12H16N2O2/c1-14(2)10-5-3-9(4-6-10)12(16)11(15)7-8-13/h3-6,11-12,15-16H,7H2,1-2H3. The van der Waals surface area contributed by atoms with Crippen LogP contribution in [0.3, 0.4) is 0 Å². The minimum atomic E-state index is -1.03. The van der Waals surface area contributed by atoms with Crippen LogP contribution in [-0.4, -0.2) is 30.4 Å². The first-order valence-corrected chi connectivity index (χ1v) is 5.06. The van der Waals surface area contributed by atoms with Gasteiger partial charge < -0.3 is 15.1 Å². The largest absolute Gasteiger partial charge is 0.389 e. The number of anilines is 1. The highest BCUT2D eigenvalue weighted by molar-refractivity contribution is 5.46. The second kappa shape index (κ2) is 5.50. The van der Waals surface area contributed by atoms with Crippen LogP contribution < -0.4 is 4.90 Å². The monoisotopic (exact) mass is 220 g/mol. The Labute approximate surface area is 95.4 Å². The van der Waals surface area contributed by atoms with Crippen LogP contribution in [0.4, 0.5) is 5.69 Å². The van der Waals surface area contributed by atoms with E-state index < -0.39 is 12.2 Å². The molecule has 0 bridgehead atoms. The molecule has 0 aliphatic heterocycles. The summed E-state index contributed by atoms with van der Waals surface area (Å²) in [5.74, 6) is 0. The summed E-state index contributed by atoms with van der Waals surface area (Å²) in [6.07, 6.45) is -2.11. The van der Waals surface area contributed by atoms with E-state index >= 15 is 0 Å². The van der Waals surface area contributed by atoms with Gasteiger partial charge in [-0.3, -0.25) is 0 Å². The molecule has 2 atom stereocenters. The molecule has 0 aromatic heterocycles. The Bertz CT molecular complexity index is 368. The van der Waals surface area contributed by atoms with Gasteiger partial charge in [0.2, 0.25) is 0 Å². The van der Waals surface area contributed by atoms with Crippen LogP contribution in [0.15, 0.2) is 24.3 Å². The summed E-state index contributed by atoms with van der Waals surface area (Å²) >= 11 is 0. The zero-order chi connectivity index (χ0) is 12.1. The van der Waals surface area contributed by atoms with Crippen LogP contribution in [0.5, 0.6) is 0 Å². The molecule has 4 heteroatoms. The Balaban J connectivity index is 2.78. The second-order valence-electron chi connectivity index (χ2n) is 3.86. The lowest BCUT2D eigenvalue weighted by atomic mass is 10.0. The van der Waals surface area contributed by atoms with Crippen molar-refractivity contribution >= 4 is 5.69 Å². The normalized spacial score (nSPS) is 13.9. The van der Waals surface area contributed by atoms with E-state index in [2.05, 4.69) is 0 Å². The Kier molecular flexibility index (Phi) is 4.29. The average Bonchev–Trinajstić information content (AvgIpc) is 2.28. The lowest BCUT2D eigenvalue weighted by molar-refractivity contribution is 0.0216. The predicted molar refractivity (Wildman–Crippen MR) is 62.0 cm³/mol. The Morgan fingerprint density at radius 1 is 1.25 bits per heavy atom. The van der Waals surface area contributed by atoms with Crippen molar-refractivity contribution in [1.29, 1.82) is 5.26 Å². The number of hydrogen-bond donors (Lipinski definition) is 2. The zero-order valence-corrected chi connectivity index (χ0v) is 9.46. The van der Waals surface area contributed by atoms with Gasteiger partial charge in [-0.05, 0) is 17.7 Å². The smallest absolute Gasteiger partial charge is 0.106 e. The quantitative estimate of drug-likeness (QED) is 0.796. The van der Waals surface area contributed by atoms with E-state index in [1.165, 1.54) is 0 Å². The minimum Gasteiger partial charge on any atom is -0.389 e. The number of benzene rings is 1. The van der Waals surface area contributed by atoms with Crippen LogP contribution in [-0.2, 0) is 0 Å². The molecule has 0 heterocycles. The maximum atomic E-state index is 9.73. The van der Waals surface area contributed by atoms with E-state index in [0.717, 1.165) is 5.69 Å². The molecule has 0 amide bonds. The van der Waals surface area contributed by atoms with Gasteiger partial charge in [0.25, 0.3) is 0 Å². The lowest BCUT2D eigenvalue weighted by Gasteiger charge is -2.17. The van der Waals surface area contributed by atoms with Crippen LogP contribution in [0.2, 0.25) is 0 Å². The molecule has 1 rings (SSSR count). The fourth-order valence-electron chi connectivity index (χ4n) is 1.40. The molecule has 0 fully saturated rings. The van der Waals surface area contributed by atoms with Crippen LogP contribution in [0.25, 0.3) is 0 Å². The molecule has 16 heavy (non-hydrogen) atoms. The van der Waals surface area contributed by atoms with Gasteiger partial charge in [-0.2, -0.15) is 5.26 Å². The number of aliphatic hydroxyl groups is 2. The maximum Gasteiger partial charge on any atom is 0.106 e. The highest BCUT2D eigenvalue weighted by Gasteiger charge is 2.17. The molecule has 0 spiro atoms. The van der Waals surface area contributed by atoms with Gasteiger partial charge in [0.1, 0.15) is 6.10 Å². The van der Waals surface area contributed by atoms with Gasteiger partial charge in [-0.15, -0.1) is 0 Å². The Morgan fingerprint density at radius 3 is 2.25 bits per heavy atom. The SMILES string of the molecule is CN(C)c1ccc(C(O)C(O)CC#N)cc1. The second-order valence-corrected chi connectivity index (χ2v) is 3.86. The van der Waals surface area contributed by atoms with Crippen molar-refractivity contribution in [2.45, 2.75) is 18.6 Å². The van der Waals surface area contributed by atoms with E-state index in [-0.39, 0.29) is 6.42 Å². The van der Waals surface area contributed by atoms with Gasteiger partial charge in [-0.25, -0.2) is 0 Å². The molecule has 0 saturated heterocycles. The summed E-state index contributed by atoms with van der Waals surface area (Å²) in [6.45, 7) is 0. The first-order chi connectivity index (χ1) is 7.56. The third-order valence-corrected chi connectivity index (χ3v) is 2.42. The van der Waals surface area contributed by atoms with Crippen molar-refractivity contribution in [3.63, 3.8) is 0 Å². The van der Waals surface area contributed by atoms with E-state index in [9.17, 15) is 10.2 Å². The summed E-state index contributed by atoms with van der Waals surface area (Å²) in [5, 5.41) is 27.6. The van der Waals surface area contributed by atoms with Crippen molar-refractivity contribution in [3.05, 3.63) is 29.8 Å². The molecule has 86 valence electrons.